The van der Waals surface area contributed by atoms with Gasteiger partial charge in [0, 0.05) is 23.6 Å². The van der Waals surface area contributed by atoms with Crippen molar-refractivity contribution in [1.82, 2.24) is 10.9 Å². The molecule has 0 aromatic heterocycles. The average molecular weight is 410 g/mol. The lowest BCUT2D eigenvalue weighted by atomic mass is 9.49. The van der Waals surface area contributed by atoms with E-state index in [0.717, 1.165) is 24.2 Å². The third-order valence-corrected chi connectivity index (χ3v) is 7.88. The third-order valence-electron chi connectivity index (χ3n) is 7.88. The molecule has 1 aromatic carbocycles. The van der Waals surface area contributed by atoms with Gasteiger partial charge in [0.05, 0.1) is 0 Å². The summed E-state index contributed by atoms with van der Waals surface area (Å²) in [5.41, 5.74) is 6.46. The number of carbonyl (C=O) groups excluding carboxylic acids is 3. The summed E-state index contributed by atoms with van der Waals surface area (Å²) >= 11 is 0. The van der Waals surface area contributed by atoms with Gasteiger partial charge in [0.2, 0.25) is 11.8 Å². The van der Waals surface area contributed by atoms with Gasteiger partial charge in [-0.2, -0.15) is 0 Å². The second-order valence-corrected chi connectivity index (χ2v) is 10.5. The van der Waals surface area contributed by atoms with Gasteiger partial charge in [0.25, 0.3) is 5.91 Å². The first kappa shape index (κ1) is 19.6. The van der Waals surface area contributed by atoms with Crippen molar-refractivity contribution >= 4 is 23.4 Å². The molecule has 0 heterocycles. The molecule has 6 nitrogen and oxygen atoms in total. The number of benzene rings is 1. The Hall–Kier alpha value is -2.37. The highest BCUT2D eigenvalue weighted by molar-refractivity contribution is 5.97. The minimum absolute atomic E-state index is 0.0386. The molecule has 160 valence electrons. The van der Waals surface area contributed by atoms with Crippen LogP contribution >= 0.6 is 0 Å². The number of hydrogen-bond acceptors (Lipinski definition) is 3. The van der Waals surface area contributed by atoms with Gasteiger partial charge in [-0.05, 0) is 98.3 Å². The van der Waals surface area contributed by atoms with Gasteiger partial charge >= 0.3 is 0 Å². The Morgan fingerprint density at radius 1 is 0.900 bits per heavy atom. The van der Waals surface area contributed by atoms with Crippen molar-refractivity contribution in [2.24, 2.45) is 35.0 Å². The van der Waals surface area contributed by atoms with Crippen LogP contribution in [0.3, 0.4) is 0 Å². The van der Waals surface area contributed by atoms with E-state index in [1.54, 1.807) is 24.3 Å². The van der Waals surface area contributed by atoms with Crippen molar-refractivity contribution in [3.05, 3.63) is 29.8 Å². The summed E-state index contributed by atoms with van der Waals surface area (Å²) in [7, 11) is 0. The molecular formula is C24H31N3O3. The standard InChI is InChI=1S/C24H31N3O3/c1-14-6-20(14)23(30)25-19-4-2-18(3-5-19)22(29)27-26-21(28)13-24-10-15-7-16(11-24)9-17(8-15)12-24/h2-5,14-17,20H,6-13H2,1H3,(H,25,30)(H,26,28)(H,27,29). The highest BCUT2D eigenvalue weighted by atomic mass is 16.2. The number of amides is 3. The summed E-state index contributed by atoms with van der Waals surface area (Å²) < 4.78 is 0. The van der Waals surface area contributed by atoms with Crippen LogP contribution in [0.25, 0.3) is 0 Å². The van der Waals surface area contributed by atoms with Crippen molar-refractivity contribution in [3.8, 4) is 0 Å². The largest absolute Gasteiger partial charge is 0.326 e. The number of carbonyl (C=O) groups is 3. The monoisotopic (exact) mass is 409 g/mol. The van der Waals surface area contributed by atoms with E-state index in [1.165, 1.54) is 38.5 Å². The first-order chi connectivity index (χ1) is 14.4. The van der Waals surface area contributed by atoms with Gasteiger partial charge in [-0.15, -0.1) is 0 Å². The highest BCUT2D eigenvalue weighted by Gasteiger charge is 2.51. The Kier molecular flexibility index (Phi) is 4.83. The van der Waals surface area contributed by atoms with E-state index in [1.807, 2.05) is 0 Å². The summed E-state index contributed by atoms with van der Waals surface area (Å²) in [5.74, 6) is 2.59. The topological polar surface area (TPSA) is 87.3 Å². The van der Waals surface area contributed by atoms with Gasteiger partial charge in [0.15, 0.2) is 0 Å². The minimum Gasteiger partial charge on any atom is -0.326 e. The molecule has 2 unspecified atom stereocenters. The molecule has 4 bridgehead atoms. The number of rotatable bonds is 5. The zero-order valence-electron chi connectivity index (χ0n) is 17.6. The SMILES string of the molecule is CC1CC1C(=O)Nc1ccc(C(=O)NNC(=O)CC23CC4CC(CC(C4)C2)C3)cc1. The molecule has 6 heteroatoms. The Morgan fingerprint density at radius 2 is 1.47 bits per heavy atom. The molecule has 1 aromatic rings. The smallest absolute Gasteiger partial charge is 0.269 e. The summed E-state index contributed by atoms with van der Waals surface area (Å²) in [6.07, 6.45) is 9.04. The van der Waals surface area contributed by atoms with Gasteiger partial charge in [0.1, 0.15) is 0 Å². The van der Waals surface area contributed by atoms with Crippen LogP contribution in [0.2, 0.25) is 0 Å². The molecule has 6 rings (SSSR count). The lowest BCUT2D eigenvalue weighted by Gasteiger charge is -2.56. The molecule has 5 fully saturated rings. The van der Waals surface area contributed by atoms with Crippen LogP contribution in [-0.4, -0.2) is 17.7 Å². The van der Waals surface area contributed by atoms with E-state index in [-0.39, 0.29) is 29.1 Å². The van der Waals surface area contributed by atoms with Gasteiger partial charge < -0.3 is 5.32 Å². The van der Waals surface area contributed by atoms with Crippen LogP contribution in [0.5, 0.6) is 0 Å². The molecule has 0 radical (unpaired) electrons. The molecule has 0 saturated heterocycles. The maximum absolute atomic E-state index is 12.6. The molecule has 5 aliphatic carbocycles. The Labute approximate surface area is 177 Å². The van der Waals surface area contributed by atoms with Crippen LogP contribution < -0.4 is 16.2 Å². The van der Waals surface area contributed by atoms with Crippen LogP contribution in [0.15, 0.2) is 24.3 Å². The van der Waals surface area contributed by atoms with Crippen LogP contribution in [-0.2, 0) is 9.59 Å². The van der Waals surface area contributed by atoms with Crippen LogP contribution in [0, 0.1) is 35.0 Å². The van der Waals surface area contributed by atoms with E-state index in [0.29, 0.717) is 23.6 Å². The van der Waals surface area contributed by atoms with Gasteiger partial charge in [-0.3, -0.25) is 25.2 Å². The number of nitrogens with one attached hydrogen (secondary N) is 3. The van der Waals surface area contributed by atoms with E-state index in [9.17, 15) is 14.4 Å². The van der Waals surface area contributed by atoms with Crippen LogP contribution in [0.1, 0.15) is 68.6 Å². The first-order valence-corrected chi connectivity index (χ1v) is 11.4. The molecule has 5 saturated carbocycles. The average Bonchev–Trinajstić information content (AvgIpc) is 3.42. The van der Waals surface area contributed by atoms with Crippen molar-refractivity contribution in [2.45, 2.75) is 58.3 Å². The molecule has 2 atom stereocenters. The summed E-state index contributed by atoms with van der Waals surface area (Å²) in [6, 6.07) is 6.76. The Bertz CT molecular complexity index is 828. The molecule has 30 heavy (non-hydrogen) atoms. The van der Waals surface area contributed by atoms with Crippen molar-refractivity contribution < 1.29 is 14.4 Å². The second kappa shape index (κ2) is 7.40. The number of anilines is 1. The van der Waals surface area contributed by atoms with Gasteiger partial charge in [-0.1, -0.05) is 6.92 Å². The zero-order valence-corrected chi connectivity index (χ0v) is 17.6. The fraction of sp³-hybridized carbons (Fsp3) is 0.625. The minimum atomic E-state index is -0.345. The lowest BCUT2D eigenvalue weighted by molar-refractivity contribution is -0.130. The number of hydrogen-bond donors (Lipinski definition) is 3. The third kappa shape index (κ3) is 3.96. The molecule has 3 N–H and O–H groups in total. The summed E-state index contributed by atoms with van der Waals surface area (Å²) in [6.45, 7) is 2.06. The summed E-state index contributed by atoms with van der Waals surface area (Å²) in [5, 5.41) is 2.88. The van der Waals surface area contributed by atoms with Crippen molar-refractivity contribution in [3.63, 3.8) is 0 Å². The highest BCUT2D eigenvalue weighted by Crippen LogP contribution is 2.61. The molecular weight excluding hydrogens is 378 g/mol. The van der Waals surface area contributed by atoms with E-state index in [2.05, 4.69) is 23.1 Å². The first-order valence-electron chi connectivity index (χ1n) is 11.4. The maximum atomic E-state index is 12.6. The van der Waals surface area contributed by atoms with Gasteiger partial charge in [-0.25, -0.2) is 0 Å². The molecule has 0 spiro atoms. The quantitative estimate of drug-likeness (QED) is 0.649. The second-order valence-electron chi connectivity index (χ2n) is 10.5. The van der Waals surface area contributed by atoms with Crippen LogP contribution in [0.4, 0.5) is 5.69 Å². The fourth-order valence-electron chi connectivity index (χ4n) is 6.72. The predicted molar refractivity (Wildman–Crippen MR) is 113 cm³/mol. The fourth-order valence-corrected chi connectivity index (χ4v) is 6.72. The Balaban J connectivity index is 1.11. The molecule has 0 aliphatic heterocycles. The maximum Gasteiger partial charge on any atom is 0.269 e. The van der Waals surface area contributed by atoms with E-state index in [4.69, 9.17) is 0 Å². The van der Waals surface area contributed by atoms with E-state index < -0.39 is 0 Å². The Morgan fingerprint density at radius 3 is 2.00 bits per heavy atom. The van der Waals surface area contributed by atoms with E-state index >= 15 is 0 Å². The lowest BCUT2D eigenvalue weighted by Crippen LogP contribution is -2.50. The molecule has 3 amide bonds. The van der Waals surface area contributed by atoms with Crippen molar-refractivity contribution in [2.75, 3.05) is 5.32 Å². The van der Waals surface area contributed by atoms with Crippen molar-refractivity contribution in [1.29, 1.82) is 0 Å². The normalized spacial score (nSPS) is 35.6. The molecule has 5 aliphatic rings. The zero-order chi connectivity index (χ0) is 20.9. The number of hydrazine groups is 1. The summed E-state index contributed by atoms with van der Waals surface area (Å²) in [4.78, 5) is 37.0. The predicted octanol–water partition coefficient (Wildman–Crippen LogP) is 3.65.